The molecule has 124 valence electrons. The molecule has 3 rings (SSSR count). The number of amides is 1. The van der Waals surface area contributed by atoms with Crippen LogP contribution in [0.2, 0.25) is 0 Å². The molecule has 23 heavy (non-hydrogen) atoms. The molecule has 3 heterocycles. The summed E-state index contributed by atoms with van der Waals surface area (Å²) >= 11 is 1.45. The Morgan fingerprint density at radius 2 is 2.39 bits per heavy atom. The molecule has 2 aromatic heterocycles. The molecule has 1 N–H and O–H groups in total. The first kappa shape index (κ1) is 16.0. The van der Waals surface area contributed by atoms with Crippen LogP contribution in [0.3, 0.4) is 0 Å². The minimum Gasteiger partial charge on any atom is -0.495 e. The van der Waals surface area contributed by atoms with Crippen LogP contribution in [0, 0.1) is 6.92 Å². The summed E-state index contributed by atoms with van der Waals surface area (Å²) in [5, 5.41) is 3.12. The number of thiophene rings is 1. The Morgan fingerprint density at radius 3 is 3.09 bits per heavy atom. The van der Waals surface area contributed by atoms with Gasteiger partial charge in [0.2, 0.25) is 0 Å². The van der Waals surface area contributed by atoms with Gasteiger partial charge in [0, 0.05) is 24.6 Å². The van der Waals surface area contributed by atoms with Crippen LogP contribution in [0.5, 0.6) is 5.75 Å². The van der Waals surface area contributed by atoms with Gasteiger partial charge >= 0.3 is 0 Å². The molecule has 1 aliphatic heterocycles. The molecule has 1 amide bonds. The lowest BCUT2D eigenvalue weighted by atomic mass is 10.0. The number of carbonyl (C=O) groups is 1. The average Bonchev–Trinajstić information content (AvgIpc) is 3.13. The van der Waals surface area contributed by atoms with Crippen molar-refractivity contribution in [1.82, 2.24) is 14.9 Å². The number of imidazole rings is 1. The van der Waals surface area contributed by atoms with E-state index >= 15 is 0 Å². The Morgan fingerprint density at radius 1 is 1.57 bits per heavy atom. The summed E-state index contributed by atoms with van der Waals surface area (Å²) in [7, 11) is 3.54. The molecule has 1 saturated heterocycles. The number of rotatable bonds is 4. The van der Waals surface area contributed by atoms with Crippen molar-refractivity contribution in [3.05, 3.63) is 34.0 Å². The van der Waals surface area contributed by atoms with E-state index in [4.69, 9.17) is 9.47 Å². The SMILES string of the molecule is COc1cc(C)sc1C(=O)N[C@H]1CCO[C@H](c2cncn2C)C1. The van der Waals surface area contributed by atoms with Crippen molar-refractivity contribution in [2.24, 2.45) is 7.05 Å². The standard InChI is InChI=1S/C16H21N3O3S/c1-10-6-14(21-3)15(23-10)16(20)18-11-4-5-22-13(7-11)12-8-17-9-19(12)2/h6,8-9,11,13H,4-5,7H2,1-3H3,(H,18,20)/t11-,13-/m0/s1. The van der Waals surface area contributed by atoms with Crippen molar-refractivity contribution in [3.8, 4) is 5.75 Å². The molecule has 1 fully saturated rings. The van der Waals surface area contributed by atoms with Gasteiger partial charge in [-0.2, -0.15) is 0 Å². The maximum atomic E-state index is 12.5. The van der Waals surface area contributed by atoms with E-state index in [9.17, 15) is 4.79 Å². The number of aryl methyl sites for hydroxylation is 2. The third kappa shape index (κ3) is 3.40. The summed E-state index contributed by atoms with van der Waals surface area (Å²) in [6.45, 7) is 2.60. The van der Waals surface area contributed by atoms with Gasteiger partial charge in [0.1, 0.15) is 16.7 Å². The molecule has 0 bridgehead atoms. The zero-order chi connectivity index (χ0) is 16.4. The van der Waals surface area contributed by atoms with Crippen LogP contribution in [0.4, 0.5) is 0 Å². The van der Waals surface area contributed by atoms with E-state index in [0.29, 0.717) is 17.2 Å². The van der Waals surface area contributed by atoms with Crippen LogP contribution in [-0.4, -0.2) is 35.2 Å². The van der Waals surface area contributed by atoms with E-state index in [2.05, 4.69) is 10.3 Å². The van der Waals surface area contributed by atoms with Gasteiger partial charge in [-0.3, -0.25) is 4.79 Å². The maximum Gasteiger partial charge on any atom is 0.265 e. The number of carbonyl (C=O) groups excluding carboxylic acids is 1. The summed E-state index contributed by atoms with van der Waals surface area (Å²) in [4.78, 5) is 18.4. The summed E-state index contributed by atoms with van der Waals surface area (Å²) in [6.07, 6.45) is 5.11. The molecule has 0 aliphatic carbocycles. The highest BCUT2D eigenvalue weighted by Crippen LogP contribution is 2.30. The molecule has 0 unspecified atom stereocenters. The number of nitrogens with one attached hydrogen (secondary N) is 1. The summed E-state index contributed by atoms with van der Waals surface area (Å²) in [6, 6.07) is 1.98. The van der Waals surface area contributed by atoms with Crippen LogP contribution < -0.4 is 10.1 Å². The second kappa shape index (κ2) is 6.72. The normalized spacial score (nSPS) is 21.2. The smallest absolute Gasteiger partial charge is 0.265 e. The quantitative estimate of drug-likeness (QED) is 0.932. The van der Waals surface area contributed by atoms with E-state index in [1.54, 1.807) is 13.4 Å². The van der Waals surface area contributed by atoms with Crippen LogP contribution in [0.1, 0.15) is 39.2 Å². The Hall–Kier alpha value is -1.86. The highest BCUT2D eigenvalue weighted by atomic mass is 32.1. The van der Waals surface area contributed by atoms with Gasteiger partial charge in [-0.1, -0.05) is 0 Å². The highest BCUT2D eigenvalue weighted by Gasteiger charge is 2.28. The van der Waals surface area contributed by atoms with Gasteiger partial charge in [-0.25, -0.2) is 4.98 Å². The molecule has 7 heteroatoms. The van der Waals surface area contributed by atoms with Crippen molar-refractivity contribution in [3.63, 3.8) is 0 Å². The Bertz CT molecular complexity index is 695. The molecular formula is C16H21N3O3S. The average molecular weight is 335 g/mol. The monoisotopic (exact) mass is 335 g/mol. The lowest BCUT2D eigenvalue weighted by Crippen LogP contribution is -2.40. The zero-order valence-electron chi connectivity index (χ0n) is 13.5. The van der Waals surface area contributed by atoms with Crippen molar-refractivity contribution in [2.75, 3.05) is 13.7 Å². The lowest BCUT2D eigenvalue weighted by Gasteiger charge is -2.30. The molecule has 0 spiro atoms. The summed E-state index contributed by atoms with van der Waals surface area (Å²) < 4.78 is 13.1. The fourth-order valence-electron chi connectivity index (χ4n) is 2.86. The van der Waals surface area contributed by atoms with Crippen LogP contribution >= 0.6 is 11.3 Å². The predicted molar refractivity (Wildman–Crippen MR) is 88.0 cm³/mol. The van der Waals surface area contributed by atoms with Crippen LogP contribution in [0.15, 0.2) is 18.6 Å². The summed E-state index contributed by atoms with van der Waals surface area (Å²) in [5.74, 6) is 0.566. The predicted octanol–water partition coefficient (Wildman–Crippen LogP) is 2.45. The topological polar surface area (TPSA) is 65.4 Å². The first-order valence-corrected chi connectivity index (χ1v) is 8.43. The number of hydrogen-bond acceptors (Lipinski definition) is 5. The van der Waals surface area contributed by atoms with Gasteiger partial charge in [0.15, 0.2) is 0 Å². The van der Waals surface area contributed by atoms with Crippen molar-refractivity contribution < 1.29 is 14.3 Å². The van der Waals surface area contributed by atoms with Crippen LogP contribution in [-0.2, 0) is 11.8 Å². The van der Waals surface area contributed by atoms with Crippen molar-refractivity contribution in [2.45, 2.75) is 31.9 Å². The Kier molecular flexibility index (Phi) is 4.68. The van der Waals surface area contributed by atoms with E-state index in [0.717, 1.165) is 23.4 Å². The molecule has 2 aromatic rings. The van der Waals surface area contributed by atoms with Gasteiger partial charge in [-0.05, 0) is 25.8 Å². The number of aromatic nitrogens is 2. The molecule has 0 radical (unpaired) electrons. The molecule has 1 aliphatic rings. The minimum absolute atomic E-state index is 0.0338. The fourth-order valence-corrected chi connectivity index (χ4v) is 3.75. The van der Waals surface area contributed by atoms with Gasteiger partial charge in [0.05, 0.1) is 25.3 Å². The first-order chi connectivity index (χ1) is 11.1. The largest absolute Gasteiger partial charge is 0.495 e. The van der Waals surface area contributed by atoms with E-state index < -0.39 is 0 Å². The maximum absolute atomic E-state index is 12.5. The zero-order valence-corrected chi connectivity index (χ0v) is 14.4. The van der Waals surface area contributed by atoms with Crippen LogP contribution in [0.25, 0.3) is 0 Å². The van der Waals surface area contributed by atoms with E-state index in [1.807, 2.05) is 30.8 Å². The Labute approximate surface area is 139 Å². The fraction of sp³-hybridized carbons (Fsp3) is 0.500. The van der Waals surface area contributed by atoms with Crippen molar-refractivity contribution in [1.29, 1.82) is 0 Å². The van der Waals surface area contributed by atoms with Gasteiger partial charge in [0.25, 0.3) is 5.91 Å². The second-order valence-corrected chi connectivity index (χ2v) is 6.99. The number of methoxy groups -OCH3 is 1. The minimum atomic E-state index is -0.0735. The van der Waals surface area contributed by atoms with Gasteiger partial charge in [-0.15, -0.1) is 11.3 Å². The lowest BCUT2D eigenvalue weighted by molar-refractivity contribution is -0.00299. The third-order valence-electron chi connectivity index (χ3n) is 4.05. The highest BCUT2D eigenvalue weighted by molar-refractivity contribution is 7.14. The first-order valence-electron chi connectivity index (χ1n) is 7.61. The molecule has 0 aromatic carbocycles. The molecule has 2 atom stereocenters. The van der Waals surface area contributed by atoms with E-state index in [-0.39, 0.29) is 18.1 Å². The molecule has 0 saturated carbocycles. The summed E-state index contributed by atoms with van der Waals surface area (Å²) in [5.41, 5.74) is 1.04. The van der Waals surface area contributed by atoms with E-state index in [1.165, 1.54) is 11.3 Å². The third-order valence-corrected chi connectivity index (χ3v) is 5.08. The van der Waals surface area contributed by atoms with Crippen molar-refractivity contribution >= 4 is 17.2 Å². The second-order valence-electron chi connectivity index (χ2n) is 5.74. The number of nitrogens with zero attached hydrogens (tertiary/aromatic N) is 2. The van der Waals surface area contributed by atoms with Gasteiger partial charge < -0.3 is 19.4 Å². The number of ether oxygens (including phenoxy) is 2. The number of hydrogen-bond donors (Lipinski definition) is 1. The molecule has 6 nitrogen and oxygen atoms in total. The Balaban J connectivity index is 1.68. The molecular weight excluding hydrogens is 314 g/mol.